The normalized spacial score (nSPS) is 11.5. The van der Waals surface area contributed by atoms with Gasteiger partial charge in [-0.2, -0.15) is 0 Å². The SMILES string of the molecule is O=C(CC(O)C(=O)Oc1cccc(O)c1)Oc1cccc(O)c1. The summed E-state index contributed by atoms with van der Waals surface area (Å²) >= 11 is 0. The number of hydrogen-bond donors (Lipinski definition) is 3. The summed E-state index contributed by atoms with van der Waals surface area (Å²) in [4.78, 5) is 23.3. The number of phenols is 2. The minimum absolute atomic E-state index is 0.0374. The van der Waals surface area contributed by atoms with Crippen molar-refractivity contribution in [1.29, 1.82) is 0 Å². The van der Waals surface area contributed by atoms with Crippen LogP contribution in [0.3, 0.4) is 0 Å². The molecule has 0 radical (unpaired) electrons. The van der Waals surface area contributed by atoms with E-state index >= 15 is 0 Å². The van der Waals surface area contributed by atoms with Crippen LogP contribution in [0.5, 0.6) is 23.0 Å². The molecule has 0 aromatic heterocycles. The van der Waals surface area contributed by atoms with E-state index in [-0.39, 0.29) is 23.0 Å². The molecule has 2 aromatic carbocycles. The topological polar surface area (TPSA) is 113 Å². The average molecular weight is 318 g/mol. The number of aromatic hydroxyl groups is 2. The highest BCUT2D eigenvalue weighted by atomic mass is 16.6. The van der Waals surface area contributed by atoms with Gasteiger partial charge >= 0.3 is 11.9 Å². The van der Waals surface area contributed by atoms with Crippen molar-refractivity contribution in [2.75, 3.05) is 0 Å². The summed E-state index contributed by atoms with van der Waals surface area (Å²) in [6.07, 6.45) is -2.34. The third-order valence-electron chi connectivity index (χ3n) is 2.72. The second-order valence-electron chi connectivity index (χ2n) is 4.61. The third kappa shape index (κ3) is 5.01. The Morgan fingerprint density at radius 2 is 1.43 bits per heavy atom. The fraction of sp³-hybridized carbons (Fsp3) is 0.125. The first-order valence-electron chi connectivity index (χ1n) is 6.62. The zero-order chi connectivity index (χ0) is 16.8. The van der Waals surface area contributed by atoms with Gasteiger partial charge in [0.1, 0.15) is 23.0 Å². The summed E-state index contributed by atoms with van der Waals surface area (Å²) < 4.78 is 9.71. The number of ether oxygens (including phenoxy) is 2. The Kier molecular flexibility index (Phi) is 5.16. The van der Waals surface area contributed by atoms with E-state index in [1.165, 1.54) is 48.5 Å². The van der Waals surface area contributed by atoms with Crippen molar-refractivity contribution in [2.24, 2.45) is 0 Å². The van der Waals surface area contributed by atoms with E-state index in [0.29, 0.717) is 0 Å². The van der Waals surface area contributed by atoms with E-state index in [4.69, 9.17) is 9.47 Å². The number of benzene rings is 2. The summed E-state index contributed by atoms with van der Waals surface area (Å²) in [6.45, 7) is 0. The molecule has 7 nitrogen and oxygen atoms in total. The van der Waals surface area contributed by atoms with Gasteiger partial charge in [0.2, 0.25) is 0 Å². The highest BCUT2D eigenvalue weighted by Crippen LogP contribution is 2.20. The predicted molar refractivity (Wildman–Crippen MR) is 78.1 cm³/mol. The number of aliphatic hydroxyl groups excluding tert-OH is 1. The van der Waals surface area contributed by atoms with Crippen LogP contribution in [-0.4, -0.2) is 33.4 Å². The lowest BCUT2D eigenvalue weighted by Crippen LogP contribution is -2.29. The molecule has 0 fully saturated rings. The van der Waals surface area contributed by atoms with Gasteiger partial charge in [0.25, 0.3) is 0 Å². The zero-order valence-electron chi connectivity index (χ0n) is 11.9. The molecule has 2 aromatic rings. The van der Waals surface area contributed by atoms with E-state index in [9.17, 15) is 24.9 Å². The molecule has 3 N–H and O–H groups in total. The molecule has 23 heavy (non-hydrogen) atoms. The van der Waals surface area contributed by atoms with Crippen LogP contribution in [0.1, 0.15) is 6.42 Å². The van der Waals surface area contributed by atoms with Crippen molar-refractivity contribution < 1.29 is 34.4 Å². The number of hydrogen-bond acceptors (Lipinski definition) is 7. The second-order valence-corrected chi connectivity index (χ2v) is 4.61. The smallest absolute Gasteiger partial charge is 0.340 e. The number of phenolic OH excluding ortho intramolecular Hbond substituents is 2. The van der Waals surface area contributed by atoms with Gasteiger partial charge < -0.3 is 24.8 Å². The average Bonchev–Trinajstić information content (AvgIpc) is 2.47. The van der Waals surface area contributed by atoms with Crippen molar-refractivity contribution in [3.8, 4) is 23.0 Å². The molecule has 120 valence electrons. The Balaban J connectivity index is 1.89. The number of carbonyl (C=O) groups excluding carboxylic acids is 2. The van der Waals surface area contributed by atoms with E-state index in [1.807, 2.05) is 0 Å². The number of aliphatic hydroxyl groups is 1. The number of carbonyl (C=O) groups is 2. The molecule has 0 aliphatic carbocycles. The maximum absolute atomic E-state index is 11.7. The van der Waals surface area contributed by atoms with Gasteiger partial charge in [0.15, 0.2) is 6.10 Å². The van der Waals surface area contributed by atoms with Gasteiger partial charge in [-0.3, -0.25) is 4.79 Å². The molecule has 2 rings (SSSR count). The summed E-state index contributed by atoms with van der Waals surface area (Å²) in [5, 5.41) is 28.2. The Bertz CT molecular complexity index is 711. The van der Waals surface area contributed by atoms with Crippen LogP contribution < -0.4 is 9.47 Å². The van der Waals surface area contributed by atoms with Crippen molar-refractivity contribution in [3.05, 3.63) is 48.5 Å². The molecular weight excluding hydrogens is 304 g/mol. The largest absolute Gasteiger partial charge is 0.508 e. The molecule has 0 aliphatic rings. The predicted octanol–water partition coefficient (Wildman–Crippen LogP) is 1.36. The summed E-state index contributed by atoms with van der Waals surface area (Å²) in [5.74, 6) is -1.98. The van der Waals surface area contributed by atoms with Crippen LogP contribution in [0, 0.1) is 0 Å². The lowest BCUT2D eigenvalue weighted by molar-refractivity contribution is -0.149. The van der Waals surface area contributed by atoms with Crippen LogP contribution in [0.25, 0.3) is 0 Å². The maximum atomic E-state index is 11.7. The lowest BCUT2D eigenvalue weighted by Gasteiger charge is -2.10. The molecule has 0 aliphatic heterocycles. The third-order valence-corrected chi connectivity index (χ3v) is 2.72. The van der Waals surface area contributed by atoms with E-state index in [0.717, 1.165) is 0 Å². The molecule has 1 atom stereocenters. The van der Waals surface area contributed by atoms with Crippen molar-refractivity contribution in [1.82, 2.24) is 0 Å². The van der Waals surface area contributed by atoms with E-state index < -0.39 is 24.5 Å². The number of esters is 2. The first-order valence-corrected chi connectivity index (χ1v) is 6.62. The van der Waals surface area contributed by atoms with E-state index in [2.05, 4.69) is 0 Å². The lowest BCUT2D eigenvalue weighted by atomic mass is 10.2. The van der Waals surface area contributed by atoms with Crippen molar-refractivity contribution in [3.63, 3.8) is 0 Å². The second kappa shape index (κ2) is 7.28. The Hall–Kier alpha value is -3.06. The van der Waals surface area contributed by atoms with Gasteiger partial charge in [-0.25, -0.2) is 4.79 Å². The highest BCUT2D eigenvalue weighted by Gasteiger charge is 2.22. The summed E-state index contributed by atoms with van der Waals surface area (Å²) in [7, 11) is 0. The quantitative estimate of drug-likeness (QED) is 0.563. The molecular formula is C16H14O7. The van der Waals surface area contributed by atoms with Gasteiger partial charge in [-0.1, -0.05) is 12.1 Å². The molecule has 0 amide bonds. The Morgan fingerprint density at radius 3 is 1.96 bits per heavy atom. The van der Waals surface area contributed by atoms with Gasteiger partial charge in [0, 0.05) is 12.1 Å². The minimum Gasteiger partial charge on any atom is -0.508 e. The summed E-state index contributed by atoms with van der Waals surface area (Å²) in [6, 6.07) is 11.0. The van der Waals surface area contributed by atoms with Crippen LogP contribution in [0.15, 0.2) is 48.5 Å². The zero-order valence-corrected chi connectivity index (χ0v) is 11.9. The van der Waals surface area contributed by atoms with Crippen LogP contribution in [0.4, 0.5) is 0 Å². The maximum Gasteiger partial charge on any atom is 0.340 e. The van der Waals surface area contributed by atoms with Crippen LogP contribution in [-0.2, 0) is 9.59 Å². The first-order chi connectivity index (χ1) is 10.9. The fourth-order valence-corrected chi connectivity index (χ4v) is 1.69. The van der Waals surface area contributed by atoms with Crippen LogP contribution in [0.2, 0.25) is 0 Å². The molecule has 1 unspecified atom stereocenters. The minimum atomic E-state index is -1.72. The fourth-order valence-electron chi connectivity index (χ4n) is 1.69. The molecule has 7 heteroatoms. The molecule has 0 saturated carbocycles. The molecule has 0 spiro atoms. The first kappa shape index (κ1) is 16.3. The summed E-state index contributed by atoms with van der Waals surface area (Å²) in [5.41, 5.74) is 0. The van der Waals surface area contributed by atoms with Gasteiger partial charge in [0.05, 0.1) is 6.42 Å². The van der Waals surface area contributed by atoms with E-state index in [1.54, 1.807) is 0 Å². The van der Waals surface area contributed by atoms with Gasteiger partial charge in [-0.15, -0.1) is 0 Å². The highest BCUT2D eigenvalue weighted by molar-refractivity contribution is 5.83. The van der Waals surface area contributed by atoms with Gasteiger partial charge in [-0.05, 0) is 24.3 Å². The van der Waals surface area contributed by atoms with Crippen molar-refractivity contribution >= 4 is 11.9 Å². The standard InChI is InChI=1S/C16H14O7/c17-10-3-1-5-12(7-10)22-15(20)9-14(19)16(21)23-13-6-2-4-11(18)8-13/h1-8,14,17-19H,9H2. The Labute approximate surface area is 131 Å². The van der Waals surface area contributed by atoms with Crippen molar-refractivity contribution in [2.45, 2.75) is 12.5 Å². The Morgan fingerprint density at radius 1 is 0.913 bits per heavy atom. The van der Waals surface area contributed by atoms with Crippen LogP contribution >= 0.6 is 0 Å². The molecule has 0 saturated heterocycles. The molecule has 0 heterocycles. The monoisotopic (exact) mass is 318 g/mol. The molecule has 0 bridgehead atoms. The number of rotatable bonds is 5.